The largest absolute Gasteiger partial charge is 0.386 e. The number of carbonyl (C=O) groups is 1. The second-order valence-electron chi connectivity index (χ2n) is 9.03. The van der Waals surface area contributed by atoms with E-state index in [-0.39, 0.29) is 40.3 Å². The number of amides is 1. The molecule has 4 rings (SSSR count). The number of anilines is 1. The van der Waals surface area contributed by atoms with E-state index < -0.39 is 17.2 Å². The molecule has 0 spiro atoms. The first-order valence-corrected chi connectivity index (χ1v) is 11.4. The number of nitrogen functional groups attached to an aromatic ring is 1. The van der Waals surface area contributed by atoms with Crippen LogP contribution in [0.4, 0.5) is 14.7 Å². The Hall–Kier alpha value is -4.24. The zero-order valence-corrected chi connectivity index (χ0v) is 21.0. The van der Waals surface area contributed by atoms with Gasteiger partial charge < -0.3 is 15.7 Å². The normalized spacial score (nSPS) is 12.2. The lowest BCUT2D eigenvalue weighted by Gasteiger charge is -2.24. The zero-order valence-electron chi connectivity index (χ0n) is 21.0. The Labute approximate surface area is 212 Å². The number of terminal acetylenes is 1. The summed E-state index contributed by atoms with van der Waals surface area (Å²) in [6.07, 6.45) is 12.6. The molecule has 0 fully saturated rings. The zero-order chi connectivity index (χ0) is 27.5. The molecule has 194 valence electrons. The molecule has 1 atom stereocenters. The average molecular weight is 511 g/mol. The number of benzene rings is 1. The molecule has 3 aromatic heterocycles. The van der Waals surface area contributed by atoms with E-state index in [1.807, 2.05) is 6.92 Å². The van der Waals surface area contributed by atoms with Gasteiger partial charge in [0.1, 0.15) is 11.3 Å². The summed E-state index contributed by atoms with van der Waals surface area (Å²) in [7, 11) is 1.67. The molecule has 0 saturated carbocycles. The van der Waals surface area contributed by atoms with Gasteiger partial charge in [-0.15, -0.1) is 17.9 Å². The lowest BCUT2D eigenvalue weighted by molar-refractivity contribution is 0.0710. The van der Waals surface area contributed by atoms with Crippen LogP contribution in [-0.4, -0.2) is 58.6 Å². The van der Waals surface area contributed by atoms with Gasteiger partial charge in [-0.25, -0.2) is 28.7 Å². The van der Waals surface area contributed by atoms with Crippen molar-refractivity contribution in [1.82, 2.24) is 34.4 Å². The lowest BCUT2D eigenvalue weighted by atomic mass is 10.0. The Morgan fingerprint density at radius 1 is 1.22 bits per heavy atom. The average Bonchev–Trinajstić information content (AvgIpc) is 3.30. The Morgan fingerprint density at radius 3 is 2.49 bits per heavy atom. The van der Waals surface area contributed by atoms with Gasteiger partial charge in [-0.05, 0) is 39.7 Å². The number of aromatic nitrogens is 6. The number of carbonyl (C=O) groups excluding carboxylic acids is 1. The first kappa shape index (κ1) is 27.3. The number of nitrogens with zero attached hydrogens (tertiary/aromatic N) is 7. The highest BCUT2D eigenvalue weighted by Gasteiger charge is 2.22. The van der Waals surface area contributed by atoms with E-state index in [0.29, 0.717) is 30.7 Å². The first-order valence-electron chi connectivity index (χ1n) is 11.4. The highest BCUT2D eigenvalue weighted by molar-refractivity contribution is 5.92. The maximum absolute atomic E-state index is 14.1. The molecule has 0 unspecified atom stereocenters. The van der Waals surface area contributed by atoms with Crippen molar-refractivity contribution in [2.45, 2.75) is 51.7 Å². The van der Waals surface area contributed by atoms with Crippen molar-refractivity contribution in [3.63, 3.8) is 0 Å². The van der Waals surface area contributed by atoms with Gasteiger partial charge in [0, 0.05) is 43.5 Å². The molecule has 1 amide bonds. The first-order chi connectivity index (χ1) is 17.5. The summed E-state index contributed by atoms with van der Waals surface area (Å²) in [4.78, 5) is 30.9. The van der Waals surface area contributed by atoms with Crippen molar-refractivity contribution in [2.24, 2.45) is 0 Å². The van der Waals surface area contributed by atoms with Gasteiger partial charge in [0.25, 0.3) is 5.91 Å². The number of nitrogens with two attached hydrogens (primary N) is 1. The summed E-state index contributed by atoms with van der Waals surface area (Å²) in [5.74, 6) is -1.45. The van der Waals surface area contributed by atoms with Crippen LogP contribution in [0.5, 0.6) is 0 Å². The summed E-state index contributed by atoms with van der Waals surface area (Å²) in [5, 5.41) is 14.5. The molecule has 3 heterocycles. The van der Waals surface area contributed by atoms with Crippen LogP contribution >= 0.6 is 0 Å². The predicted octanol–water partition coefficient (Wildman–Crippen LogP) is 2.89. The molecule has 0 aliphatic rings. The van der Waals surface area contributed by atoms with Gasteiger partial charge in [-0.3, -0.25) is 4.79 Å². The molecule has 0 saturated heterocycles. The third-order valence-corrected chi connectivity index (χ3v) is 5.92. The highest BCUT2D eigenvalue weighted by Crippen LogP contribution is 2.24. The van der Waals surface area contributed by atoms with Gasteiger partial charge >= 0.3 is 0 Å². The number of aryl methyl sites for hydroxylation is 1. The topological polar surface area (TPSA) is 135 Å². The number of aliphatic hydroxyl groups is 1. The van der Waals surface area contributed by atoms with E-state index in [1.54, 1.807) is 25.8 Å². The number of halogens is 2. The Bertz CT molecular complexity index is 1440. The summed E-state index contributed by atoms with van der Waals surface area (Å²) in [6, 6.07) is 1.76. The van der Waals surface area contributed by atoms with Crippen LogP contribution in [0.2, 0.25) is 0 Å². The van der Waals surface area contributed by atoms with E-state index in [0.717, 1.165) is 12.1 Å². The van der Waals surface area contributed by atoms with E-state index in [9.17, 15) is 18.7 Å². The van der Waals surface area contributed by atoms with E-state index >= 15 is 0 Å². The van der Waals surface area contributed by atoms with Crippen molar-refractivity contribution in [3.05, 3.63) is 53.4 Å². The van der Waals surface area contributed by atoms with E-state index in [4.69, 9.17) is 5.73 Å². The van der Waals surface area contributed by atoms with Gasteiger partial charge in [0.15, 0.2) is 17.3 Å². The monoisotopic (exact) mass is 510 g/mol. The fraction of sp³-hybridized carbons (Fsp3) is 0.360. The van der Waals surface area contributed by atoms with Crippen LogP contribution in [-0.2, 0) is 12.0 Å². The second kappa shape index (κ2) is 10.8. The second-order valence-corrected chi connectivity index (χ2v) is 9.03. The van der Waals surface area contributed by atoms with E-state index in [1.165, 1.54) is 16.9 Å². The minimum Gasteiger partial charge on any atom is -0.386 e. The summed E-state index contributed by atoms with van der Waals surface area (Å²) >= 11 is 0. The fourth-order valence-corrected chi connectivity index (χ4v) is 3.67. The molecule has 0 radical (unpaired) electrons. The van der Waals surface area contributed by atoms with Gasteiger partial charge in [0.05, 0.1) is 11.0 Å². The van der Waals surface area contributed by atoms with Crippen LogP contribution in [0.1, 0.15) is 55.6 Å². The Kier molecular flexibility index (Phi) is 7.98. The van der Waals surface area contributed by atoms with Gasteiger partial charge in [-0.1, -0.05) is 0 Å². The highest BCUT2D eigenvalue weighted by atomic mass is 19.1. The van der Waals surface area contributed by atoms with Crippen LogP contribution in [0.15, 0.2) is 24.5 Å². The summed E-state index contributed by atoms with van der Waals surface area (Å²) < 4.78 is 29.1. The van der Waals surface area contributed by atoms with Crippen LogP contribution < -0.4 is 5.73 Å². The maximum Gasteiger partial charge on any atom is 0.291 e. The molecule has 4 aromatic rings. The standard InChI is InChI=1S/C23H26F2N8O2.C2H2/c1-12(32(4)21(34)19-27-10-13(11-28-19)23(2,3)35)6-5-7-17-29-20-15-8-14(24)9-16(25)18(15)30-22(26)33(20)31-17;1-2/h8-12,35H,5-7H2,1-4H3,(H2,26,30);1-2H/t12-;/m0./s1. The molecule has 0 aliphatic carbocycles. The minimum absolute atomic E-state index is 0.0451. The fourth-order valence-electron chi connectivity index (χ4n) is 3.67. The SMILES string of the molecule is C#C.C[C@@H](CCCc1nc2c3cc(F)cc(F)c3nc(N)n2n1)N(C)C(=O)c1ncc(C(C)(C)O)cn1. The van der Waals surface area contributed by atoms with Crippen molar-refractivity contribution < 1.29 is 18.7 Å². The number of hydrogen-bond donors (Lipinski definition) is 2. The van der Waals surface area contributed by atoms with Gasteiger partial charge in [0.2, 0.25) is 11.8 Å². The molecule has 37 heavy (non-hydrogen) atoms. The molecule has 3 N–H and O–H groups in total. The molecular formula is C25H28F2N8O2. The van der Waals surface area contributed by atoms with Crippen molar-refractivity contribution in [2.75, 3.05) is 12.8 Å². The lowest BCUT2D eigenvalue weighted by Crippen LogP contribution is -2.36. The predicted molar refractivity (Wildman–Crippen MR) is 134 cm³/mol. The van der Waals surface area contributed by atoms with Crippen molar-refractivity contribution in [3.8, 4) is 12.8 Å². The Morgan fingerprint density at radius 2 is 1.86 bits per heavy atom. The van der Waals surface area contributed by atoms with E-state index in [2.05, 4.69) is 37.9 Å². The van der Waals surface area contributed by atoms with Crippen LogP contribution in [0.3, 0.4) is 0 Å². The quantitative estimate of drug-likeness (QED) is 0.362. The minimum atomic E-state index is -1.10. The maximum atomic E-state index is 14.1. The number of hydrogen-bond acceptors (Lipinski definition) is 8. The third kappa shape index (κ3) is 5.78. The number of fused-ring (bicyclic) bond motifs is 3. The van der Waals surface area contributed by atoms with Gasteiger partial charge in [-0.2, -0.15) is 4.52 Å². The van der Waals surface area contributed by atoms with Crippen LogP contribution in [0.25, 0.3) is 16.6 Å². The smallest absolute Gasteiger partial charge is 0.291 e. The molecule has 0 aliphatic heterocycles. The summed E-state index contributed by atoms with van der Waals surface area (Å²) in [6.45, 7) is 5.13. The number of rotatable bonds is 7. The molecule has 0 bridgehead atoms. The molecule has 1 aromatic carbocycles. The van der Waals surface area contributed by atoms with Crippen LogP contribution in [0, 0.1) is 24.5 Å². The molecule has 12 heteroatoms. The molecule has 10 nitrogen and oxygen atoms in total. The summed E-state index contributed by atoms with van der Waals surface area (Å²) in [5.41, 5.74) is 5.48. The third-order valence-electron chi connectivity index (χ3n) is 5.92. The molecular weight excluding hydrogens is 482 g/mol. The Balaban J connectivity index is 0.00000186. The van der Waals surface area contributed by atoms with Crippen molar-refractivity contribution >= 4 is 28.4 Å². The van der Waals surface area contributed by atoms with Crippen molar-refractivity contribution in [1.29, 1.82) is 0 Å².